The average Bonchev–Trinajstić information content (AvgIpc) is 2.25. The highest BCUT2D eigenvalue weighted by molar-refractivity contribution is 6.30. The monoisotopic (exact) mass is 242 g/mol. The van der Waals surface area contributed by atoms with Gasteiger partial charge in [-0.3, -0.25) is 0 Å². The summed E-state index contributed by atoms with van der Waals surface area (Å²) in [6.07, 6.45) is 0. The first-order valence-electron chi connectivity index (χ1n) is 5.37. The molecule has 0 aliphatic rings. The molecule has 0 amide bonds. The van der Waals surface area contributed by atoms with Crippen LogP contribution in [0.4, 0.5) is 5.69 Å². The molecule has 0 radical (unpaired) electrons. The Morgan fingerprint density at radius 1 is 1.44 bits per heavy atom. The third kappa shape index (κ3) is 3.58. The van der Waals surface area contributed by atoms with Crippen molar-refractivity contribution in [2.75, 3.05) is 19.0 Å². The van der Waals surface area contributed by atoms with Crippen molar-refractivity contribution in [1.29, 1.82) is 0 Å². The number of halogens is 1. The summed E-state index contributed by atoms with van der Waals surface area (Å²) in [7, 11) is 1.64. The van der Waals surface area contributed by atoms with Crippen LogP contribution in [0.2, 0.25) is 5.02 Å². The van der Waals surface area contributed by atoms with Gasteiger partial charge in [-0.15, -0.1) is 0 Å². The van der Waals surface area contributed by atoms with Crippen molar-refractivity contribution in [2.24, 2.45) is 11.7 Å². The summed E-state index contributed by atoms with van der Waals surface area (Å²) in [6, 6.07) is 5.59. The van der Waals surface area contributed by atoms with Gasteiger partial charge in [-0.1, -0.05) is 25.4 Å². The molecule has 0 aliphatic heterocycles. The molecule has 0 heterocycles. The van der Waals surface area contributed by atoms with E-state index in [1.165, 1.54) is 0 Å². The first-order valence-corrected chi connectivity index (χ1v) is 5.75. The first kappa shape index (κ1) is 13.1. The molecular formula is C12H19ClN2O. The van der Waals surface area contributed by atoms with E-state index in [2.05, 4.69) is 19.2 Å². The maximum atomic E-state index is 5.96. The van der Waals surface area contributed by atoms with Gasteiger partial charge in [0, 0.05) is 17.6 Å². The van der Waals surface area contributed by atoms with Crippen LogP contribution in [0.5, 0.6) is 5.75 Å². The fourth-order valence-electron chi connectivity index (χ4n) is 1.28. The maximum Gasteiger partial charge on any atom is 0.142 e. The van der Waals surface area contributed by atoms with E-state index < -0.39 is 0 Å². The summed E-state index contributed by atoms with van der Waals surface area (Å²) in [5.74, 6) is 1.22. The van der Waals surface area contributed by atoms with Gasteiger partial charge in [0.2, 0.25) is 0 Å². The van der Waals surface area contributed by atoms with E-state index in [4.69, 9.17) is 22.1 Å². The molecule has 0 saturated carbocycles. The number of benzene rings is 1. The average molecular weight is 243 g/mol. The number of hydrogen-bond acceptors (Lipinski definition) is 3. The van der Waals surface area contributed by atoms with Gasteiger partial charge in [0.05, 0.1) is 12.8 Å². The van der Waals surface area contributed by atoms with E-state index in [1.54, 1.807) is 13.2 Å². The molecule has 0 saturated heterocycles. The number of hydrogen-bond donors (Lipinski definition) is 2. The van der Waals surface area contributed by atoms with Gasteiger partial charge < -0.3 is 15.8 Å². The number of ether oxygens (including phenoxy) is 1. The van der Waals surface area contributed by atoms with Crippen molar-refractivity contribution < 1.29 is 4.74 Å². The zero-order valence-corrected chi connectivity index (χ0v) is 10.7. The lowest BCUT2D eigenvalue weighted by Crippen LogP contribution is -2.34. The van der Waals surface area contributed by atoms with Gasteiger partial charge in [0.1, 0.15) is 5.75 Å². The van der Waals surface area contributed by atoms with Crippen molar-refractivity contribution in [3.05, 3.63) is 23.2 Å². The Bertz CT molecular complexity index is 342. The third-order valence-electron chi connectivity index (χ3n) is 2.55. The van der Waals surface area contributed by atoms with E-state index in [0.29, 0.717) is 17.5 Å². The number of anilines is 1. The lowest BCUT2D eigenvalue weighted by Gasteiger charge is -2.18. The summed E-state index contributed by atoms with van der Waals surface area (Å²) >= 11 is 5.92. The first-order chi connectivity index (χ1) is 7.54. The van der Waals surface area contributed by atoms with Gasteiger partial charge in [-0.25, -0.2) is 0 Å². The van der Waals surface area contributed by atoms with Crippen LogP contribution in [0.25, 0.3) is 0 Å². The maximum absolute atomic E-state index is 5.96. The summed E-state index contributed by atoms with van der Waals surface area (Å²) < 4.78 is 5.23. The predicted molar refractivity (Wildman–Crippen MR) is 69.3 cm³/mol. The largest absolute Gasteiger partial charge is 0.495 e. The Kier molecular flexibility index (Phi) is 4.90. The second-order valence-corrected chi connectivity index (χ2v) is 4.57. The minimum atomic E-state index is 0.115. The Hall–Kier alpha value is -0.930. The van der Waals surface area contributed by atoms with Crippen LogP contribution in [-0.2, 0) is 0 Å². The number of nitrogens with one attached hydrogen (secondary N) is 1. The molecule has 1 rings (SSSR count). The van der Waals surface area contributed by atoms with E-state index in [0.717, 1.165) is 11.4 Å². The van der Waals surface area contributed by atoms with Crippen molar-refractivity contribution in [3.8, 4) is 5.75 Å². The van der Waals surface area contributed by atoms with Gasteiger partial charge >= 0.3 is 0 Å². The molecule has 3 N–H and O–H groups in total. The third-order valence-corrected chi connectivity index (χ3v) is 2.78. The van der Waals surface area contributed by atoms with Crippen LogP contribution in [0, 0.1) is 5.92 Å². The molecule has 0 fully saturated rings. The Labute approximate surface area is 102 Å². The molecule has 90 valence electrons. The predicted octanol–water partition coefficient (Wildman–Crippen LogP) is 2.74. The number of methoxy groups -OCH3 is 1. The molecule has 4 heteroatoms. The van der Waals surface area contributed by atoms with Gasteiger partial charge in [-0.2, -0.15) is 0 Å². The van der Waals surface area contributed by atoms with Gasteiger partial charge in [-0.05, 0) is 24.1 Å². The summed E-state index contributed by atoms with van der Waals surface area (Å²) in [5, 5.41) is 3.93. The standard InChI is InChI=1S/C12H19ClN2O/c1-8(2)10(14)7-15-11-6-9(13)4-5-12(11)16-3/h4-6,8,10,15H,7,14H2,1-3H3. The Morgan fingerprint density at radius 3 is 2.69 bits per heavy atom. The molecule has 0 bridgehead atoms. The second-order valence-electron chi connectivity index (χ2n) is 4.13. The van der Waals surface area contributed by atoms with E-state index in [9.17, 15) is 0 Å². The fraction of sp³-hybridized carbons (Fsp3) is 0.500. The zero-order chi connectivity index (χ0) is 12.1. The van der Waals surface area contributed by atoms with Crippen LogP contribution < -0.4 is 15.8 Å². The van der Waals surface area contributed by atoms with Crippen LogP contribution in [0.15, 0.2) is 18.2 Å². The highest BCUT2D eigenvalue weighted by Crippen LogP contribution is 2.27. The van der Waals surface area contributed by atoms with Crippen molar-refractivity contribution in [1.82, 2.24) is 0 Å². The topological polar surface area (TPSA) is 47.3 Å². The Balaban J connectivity index is 2.68. The van der Waals surface area contributed by atoms with Crippen LogP contribution >= 0.6 is 11.6 Å². The lowest BCUT2D eigenvalue weighted by molar-refractivity contribution is 0.416. The molecule has 1 aromatic rings. The fourth-order valence-corrected chi connectivity index (χ4v) is 1.45. The lowest BCUT2D eigenvalue weighted by atomic mass is 10.1. The molecule has 3 nitrogen and oxygen atoms in total. The van der Waals surface area contributed by atoms with Crippen LogP contribution in [0.3, 0.4) is 0 Å². The molecule has 1 unspecified atom stereocenters. The summed E-state index contributed by atoms with van der Waals surface area (Å²) in [5.41, 5.74) is 6.84. The molecular weight excluding hydrogens is 224 g/mol. The number of nitrogens with two attached hydrogens (primary N) is 1. The molecule has 1 aromatic carbocycles. The van der Waals surface area contributed by atoms with Crippen molar-refractivity contribution in [3.63, 3.8) is 0 Å². The minimum Gasteiger partial charge on any atom is -0.495 e. The van der Waals surface area contributed by atoms with E-state index >= 15 is 0 Å². The molecule has 16 heavy (non-hydrogen) atoms. The summed E-state index contributed by atoms with van der Waals surface area (Å²) in [4.78, 5) is 0. The van der Waals surface area contributed by atoms with Crippen LogP contribution in [0.1, 0.15) is 13.8 Å². The normalized spacial score (nSPS) is 12.6. The van der Waals surface area contributed by atoms with Crippen molar-refractivity contribution in [2.45, 2.75) is 19.9 Å². The molecule has 1 atom stereocenters. The molecule has 0 aliphatic carbocycles. The highest BCUT2D eigenvalue weighted by Gasteiger charge is 2.09. The number of rotatable bonds is 5. The van der Waals surface area contributed by atoms with Gasteiger partial charge in [0.15, 0.2) is 0 Å². The Morgan fingerprint density at radius 2 is 2.12 bits per heavy atom. The molecule has 0 aromatic heterocycles. The smallest absolute Gasteiger partial charge is 0.142 e. The SMILES string of the molecule is COc1ccc(Cl)cc1NCC(N)C(C)C. The second kappa shape index (κ2) is 5.97. The molecule has 0 spiro atoms. The summed E-state index contributed by atoms with van der Waals surface area (Å²) in [6.45, 7) is 4.90. The quantitative estimate of drug-likeness (QED) is 0.835. The van der Waals surface area contributed by atoms with Crippen LogP contribution in [-0.4, -0.2) is 19.7 Å². The van der Waals surface area contributed by atoms with Crippen molar-refractivity contribution >= 4 is 17.3 Å². The minimum absolute atomic E-state index is 0.115. The van der Waals surface area contributed by atoms with E-state index in [1.807, 2.05) is 12.1 Å². The highest BCUT2D eigenvalue weighted by atomic mass is 35.5. The van der Waals surface area contributed by atoms with Gasteiger partial charge in [0.25, 0.3) is 0 Å². The van der Waals surface area contributed by atoms with E-state index in [-0.39, 0.29) is 6.04 Å². The zero-order valence-electron chi connectivity index (χ0n) is 9.96.